The Labute approximate surface area is 191 Å². The van der Waals surface area contributed by atoms with Gasteiger partial charge in [0, 0.05) is 36.4 Å². The van der Waals surface area contributed by atoms with E-state index in [1.807, 2.05) is 30.4 Å². The molecule has 3 aromatic heterocycles. The number of pyridine rings is 2. The molecule has 3 heterocycles. The van der Waals surface area contributed by atoms with Gasteiger partial charge in [-0.3, -0.25) is 4.79 Å². The molecule has 5 rings (SSSR count). The van der Waals surface area contributed by atoms with Gasteiger partial charge in [0.2, 0.25) is 5.91 Å². The Bertz CT molecular complexity index is 1240. The van der Waals surface area contributed by atoms with Gasteiger partial charge in [0.25, 0.3) is 0 Å². The second-order valence-corrected chi connectivity index (χ2v) is 8.75. The molecular formula is C25H24ClN5O. The van der Waals surface area contributed by atoms with E-state index in [1.54, 1.807) is 12.3 Å². The van der Waals surface area contributed by atoms with Gasteiger partial charge >= 0.3 is 0 Å². The zero-order valence-electron chi connectivity index (χ0n) is 17.5. The molecule has 0 aromatic carbocycles. The fraction of sp³-hybridized carbons (Fsp3) is 0.240. The third-order valence-corrected chi connectivity index (χ3v) is 5.87. The Morgan fingerprint density at radius 2 is 2.16 bits per heavy atom. The van der Waals surface area contributed by atoms with Gasteiger partial charge < -0.3 is 15.0 Å². The van der Waals surface area contributed by atoms with E-state index >= 15 is 0 Å². The van der Waals surface area contributed by atoms with E-state index in [1.165, 1.54) is 24.5 Å². The van der Waals surface area contributed by atoms with E-state index in [2.05, 4.69) is 49.5 Å². The summed E-state index contributed by atoms with van der Waals surface area (Å²) in [7, 11) is 0. The highest BCUT2D eigenvalue weighted by molar-refractivity contribution is 6.22. The quantitative estimate of drug-likeness (QED) is 0.387. The lowest BCUT2D eigenvalue weighted by atomic mass is 10.0. The van der Waals surface area contributed by atoms with Crippen LogP contribution in [-0.4, -0.2) is 25.7 Å². The number of anilines is 2. The van der Waals surface area contributed by atoms with Crippen molar-refractivity contribution in [3.63, 3.8) is 0 Å². The number of nitrogens with zero attached hydrogens (tertiary/aromatic N) is 3. The molecule has 1 saturated carbocycles. The minimum atomic E-state index is -0.233. The lowest BCUT2D eigenvalue weighted by Gasteiger charge is -2.09. The zero-order valence-corrected chi connectivity index (χ0v) is 18.3. The van der Waals surface area contributed by atoms with Crippen molar-refractivity contribution in [1.82, 2.24) is 14.4 Å². The topological polar surface area (TPSA) is 71.3 Å². The molecule has 2 aliphatic rings. The summed E-state index contributed by atoms with van der Waals surface area (Å²) < 4.78 is 2.10. The van der Waals surface area contributed by atoms with Gasteiger partial charge in [-0.1, -0.05) is 30.4 Å². The van der Waals surface area contributed by atoms with Crippen LogP contribution in [0.25, 0.3) is 5.65 Å². The number of fused-ring (bicyclic) bond motifs is 1. The van der Waals surface area contributed by atoms with E-state index < -0.39 is 0 Å². The van der Waals surface area contributed by atoms with Crippen LogP contribution in [0.4, 0.5) is 11.5 Å². The number of halogens is 1. The third kappa shape index (κ3) is 5.08. The van der Waals surface area contributed by atoms with Crippen LogP contribution in [0.3, 0.4) is 0 Å². The number of nitrogens with one attached hydrogen (secondary N) is 2. The fourth-order valence-electron chi connectivity index (χ4n) is 3.74. The number of amides is 1. The van der Waals surface area contributed by atoms with Gasteiger partial charge in [-0.05, 0) is 48.4 Å². The summed E-state index contributed by atoms with van der Waals surface area (Å²) in [5.74, 6) is 0.974. The van der Waals surface area contributed by atoms with Gasteiger partial charge in [-0.2, -0.15) is 0 Å². The molecular weight excluding hydrogens is 422 g/mol. The highest BCUT2D eigenvalue weighted by Crippen LogP contribution is 2.39. The van der Waals surface area contributed by atoms with E-state index in [-0.39, 0.29) is 11.3 Å². The van der Waals surface area contributed by atoms with Crippen LogP contribution in [0, 0.1) is 0 Å². The molecule has 0 aliphatic heterocycles. The van der Waals surface area contributed by atoms with Crippen LogP contribution < -0.4 is 10.6 Å². The maximum atomic E-state index is 12.3. The van der Waals surface area contributed by atoms with E-state index in [0.29, 0.717) is 18.8 Å². The molecule has 2 N–H and O–H groups in total. The molecule has 0 bridgehead atoms. The zero-order chi connectivity index (χ0) is 21.9. The Morgan fingerprint density at radius 3 is 3.00 bits per heavy atom. The van der Waals surface area contributed by atoms with Crippen molar-refractivity contribution in [2.45, 2.75) is 37.1 Å². The first kappa shape index (κ1) is 20.5. The summed E-state index contributed by atoms with van der Waals surface area (Å²) >= 11 is 6.11. The summed E-state index contributed by atoms with van der Waals surface area (Å²) in [5, 5.41) is 6.13. The average Bonchev–Trinajstić information content (AvgIpc) is 3.56. The molecule has 3 aromatic rings. The number of aromatic nitrogens is 3. The number of rotatable bonds is 7. The van der Waals surface area contributed by atoms with Crippen LogP contribution in [0.5, 0.6) is 0 Å². The van der Waals surface area contributed by atoms with Crippen molar-refractivity contribution >= 4 is 34.7 Å². The van der Waals surface area contributed by atoms with Gasteiger partial charge in [0.05, 0.1) is 17.6 Å². The van der Waals surface area contributed by atoms with Crippen molar-refractivity contribution < 1.29 is 4.79 Å². The first-order chi connectivity index (χ1) is 15.6. The van der Waals surface area contributed by atoms with Crippen LogP contribution in [0.1, 0.15) is 36.4 Å². The third-order valence-electron chi connectivity index (χ3n) is 5.57. The lowest BCUT2D eigenvalue weighted by molar-refractivity contribution is -0.111. The molecule has 2 aliphatic carbocycles. The Balaban J connectivity index is 1.19. The van der Waals surface area contributed by atoms with Crippen molar-refractivity contribution in [3.8, 4) is 0 Å². The second-order valence-electron chi connectivity index (χ2n) is 8.19. The maximum Gasteiger partial charge on any atom is 0.249 e. The predicted octanol–water partition coefficient (Wildman–Crippen LogP) is 5.21. The Kier molecular flexibility index (Phi) is 5.77. The normalized spacial score (nSPS) is 18.2. The summed E-state index contributed by atoms with van der Waals surface area (Å²) in [4.78, 5) is 21.2. The molecule has 6 nitrogen and oxygen atoms in total. The SMILES string of the molecule is O=C(/C=C/C1=CC=CC(Cl)C1)Nc1cc(NCc2cn3cc(C4CC4)ccc3n2)ccn1. The molecule has 32 heavy (non-hydrogen) atoms. The van der Waals surface area contributed by atoms with Crippen LogP contribution in [0.15, 0.2) is 78.8 Å². The standard InChI is InChI=1S/C25H24ClN5O/c26-20-3-1-2-17(12-20)4-9-25(32)30-23-13-21(10-11-27-23)28-14-22-16-31-15-19(18-5-6-18)7-8-24(31)29-22/h1-4,7-11,13,15-16,18,20H,5-6,12,14H2,(H2,27,28,30,32)/b9-4+. The van der Waals surface area contributed by atoms with Crippen molar-refractivity contribution in [2.75, 3.05) is 10.6 Å². The van der Waals surface area contributed by atoms with Crippen LogP contribution in [-0.2, 0) is 11.3 Å². The van der Waals surface area contributed by atoms with E-state index in [4.69, 9.17) is 11.6 Å². The van der Waals surface area contributed by atoms with Gasteiger partial charge in [-0.25, -0.2) is 9.97 Å². The molecule has 1 unspecified atom stereocenters. The Morgan fingerprint density at radius 1 is 1.25 bits per heavy atom. The number of carbonyl (C=O) groups excluding carboxylic acids is 1. The van der Waals surface area contributed by atoms with Crippen molar-refractivity contribution in [2.24, 2.45) is 0 Å². The van der Waals surface area contributed by atoms with Crippen LogP contribution in [0.2, 0.25) is 0 Å². The molecule has 1 amide bonds. The first-order valence-corrected chi connectivity index (χ1v) is 11.2. The first-order valence-electron chi connectivity index (χ1n) is 10.8. The van der Waals surface area contributed by atoms with Crippen molar-refractivity contribution in [1.29, 1.82) is 0 Å². The summed E-state index contributed by atoms with van der Waals surface area (Å²) in [6.07, 6.45) is 18.3. The average molecular weight is 446 g/mol. The summed E-state index contributed by atoms with van der Waals surface area (Å²) in [5.41, 5.74) is 5.17. The molecule has 162 valence electrons. The van der Waals surface area contributed by atoms with Crippen molar-refractivity contribution in [3.05, 3.63) is 90.1 Å². The second kappa shape index (κ2) is 9.01. The number of hydrogen-bond donors (Lipinski definition) is 2. The predicted molar refractivity (Wildman–Crippen MR) is 128 cm³/mol. The Hall–Kier alpha value is -3.38. The maximum absolute atomic E-state index is 12.3. The molecule has 7 heteroatoms. The number of hydrogen-bond acceptors (Lipinski definition) is 4. The largest absolute Gasteiger partial charge is 0.379 e. The minimum Gasteiger partial charge on any atom is -0.379 e. The number of allylic oxidation sites excluding steroid dienone is 5. The number of carbonyl (C=O) groups is 1. The van der Waals surface area contributed by atoms with Gasteiger partial charge in [-0.15, -0.1) is 11.6 Å². The van der Waals surface area contributed by atoms with E-state index in [9.17, 15) is 4.79 Å². The molecule has 0 saturated heterocycles. The van der Waals surface area contributed by atoms with Gasteiger partial charge in [0.15, 0.2) is 0 Å². The molecule has 0 radical (unpaired) electrons. The fourth-order valence-corrected chi connectivity index (χ4v) is 4.00. The number of imidazole rings is 1. The highest BCUT2D eigenvalue weighted by atomic mass is 35.5. The van der Waals surface area contributed by atoms with Gasteiger partial charge in [0.1, 0.15) is 11.5 Å². The minimum absolute atomic E-state index is 0.0275. The smallest absolute Gasteiger partial charge is 0.249 e. The number of alkyl halides is 1. The van der Waals surface area contributed by atoms with Crippen LogP contribution >= 0.6 is 11.6 Å². The van der Waals surface area contributed by atoms with E-state index in [0.717, 1.165) is 28.5 Å². The summed E-state index contributed by atoms with van der Waals surface area (Å²) in [6.45, 7) is 0.582. The molecule has 1 atom stereocenters. The summed E-state index contributed by atoms with van der Waals surface area (Å²) in [6, 6.07) is 7.94. The molecule has 1 fully saturated rings. The highest BCUT2D eigenvalue weighted by Gasteiger charge is 2.23. The lowest BCUT2D eigenvalue weighted by Crippen LogP contribution is -2.10. The molecule has 0 spiro atoms. The monoisotopic (exact) mass is 445 g/mol.